The molecule has 2 rings (SSSR count). The van der Waals surface area contributed by atoms with E-state index in [1.807, 2.05) is 30.3 Å². The highest BCUT2D eigenvalue weighted by molar-refractivity contribution is 5.97. The molecule has 2 aromatic rings. The third kappa shape index (κ3) is 7.23. The van der Waals surface area contributed by atoms with Crippen molar-refractivity contribution < 1.29 is 23.9 Å². The second-order valence-corrected chi connectivity index (χ2v) is 7.29. The predicted octanol–water partition coefficient (Wildman–Crippen LogP) is 3.55. The summed E-state index contributed by atoms with van der Waals surface area (Å²) < 4.78 is 10.4. The Bertz CT molecular complexity index is 797. The highest BCUT2D eigenvalue weighted by Gasteiger charge is 2.27. The maximum Gasteiger partial charge on any atom is 0.408 e. The third-order valence-electron chi connectivity index (χ3n) is 3.70. The molecule has 2 aromatic carbocycles. The van der Waals surface area contributed by atoms with Crippen LogP contribution in [0.25, 0.3) is 0 Å². The van der Waals surface area contributed by atoms with Crippen LogP contribution in [0.5, 0.6) is 0 Å². The summed E-state index contributed by atoms with van der Waals surface area (Å²) in [5.74, 6) is -0.893. The Kier molecular flexibility index (Phi) is 7.32. The molecule has 6 heteroatoms. The number of ketones is 1. The Morgan fingerprint density at radius 2 is 1.50 bits per heavy atom. The largest absolute Gasteiger partial charge is 0.458 e. The van der Waals surface area contributed by atoms with Crippen molar-refractivity contribution in [3.8, 4) is 0 Å². The SMILES string of the molecule is CC(C)(C)OC(=O)[C@H](Cc1ccccc1)NC(=O)OCC(=O)c1ccccc1. The molecule has 0 aliphatic rings. The van der Waals surface area contributed by atoms with Gasteiger partial charge in [-0.2, -0.15) is 0 Å². The Balaban J connectivity index is 1.99. The van der Waals surface area contributed by atoms with Gasteiger partial charge in [0.2, 0.25) is 0 Å². The average molecular weight is 383 g/mol. The lowest BCUT2D eigenvalue weighted by atomic mass is 10.1. The lowest BCUT2D eigenvalue weighted by molar-refractivity contribution is -0.157. The van der Waals surface area contributed by atoms with Gasteiger partial charge >= 0.3 is 12.1 Å². The smallest absolute Gasteiger partial charge is 0.408 e. The van der Waals surface area contributed by atoms with Crippen LogP contribution in [0.15, 0.2) is 60.7 Å². The zero-order valence-corrected chi connectivity index (χ0v) is 16.3. The highest BCUT2D eigenvalue weighted by Crippen LogP contribution is 2.12. The zero-order valence-electron chi connectivity index (χ0n) is 16.3. The number of nitrogens with one attached hydrogen (secondary N) is 1. The molecule has 0 aliphatic carbocycles. The third-order valence-corrected chi connectivity index (χ3v) is 3.70. The maximum atomic E-state index is 12.5. The molecule has 1 amide bonds. The fourth-order valence-electron chi connectivity index (χ4n) is 2.44. The number of esters is 1. The first-order valence-corrected chi connectivity index (χ1v) is 9.03. The van der Waals surface area contributed by atoms with Crippen molar-refractivity contribution in [1.29, 1.82) is 0 Å². The number of Topliss-reactive ketones (excluding diaryl/α,β-unsaturated/α-hetero) is 1. The Hall–Kier alpha value is -3.15. The first kappa shape index (κ1) is 21.2. The molecule has 148 valence electrons. The van der Waals surface area contributed by atoms with Crippen molar-refractivity contribution in [3.63, 3.8) is 0 Å². The minimum Gasteiger partial charge on any atom is -0.458 e. The van der Waals surface area contributed by atoms with Crippen molar-refractivity contribution in [2.24, 2.45) is 0 Å². The van der Waals surface area contributed by atoms with E-state index in [4.69, 9.17) is 9.47 Å². The standard InChI is InChI=1S/C22H25NO5/c1-22(2,3)28-20(25)18(14-16-10-6-4-7-11-16)23-21(26)27-15-19(24)17-12-8-5-9-13-17/h4-13,18H,14-15H2,1-3H3,(H,23,26)/t18-/m0/s1. The molecular formula is C22H25NO5. The number of benzene rings is 2. The molecule has 0 saturated carbocycles. The quantitative estimate of drug-likeness (QED) is 0.584. The van der Waals surface area contributed by atoms with Crippen LogP contribution in [0.3, 0.4) is 0 Å². The number of hydrogen-bond donors (Lipinski definition) is 1. The second kappa shape index (κ2) is 9.69. The Morgan fingerprint density at radius 1 is 0.929 bits per heavy atom. The van der Waals surface area contributed by atoms with Crippen molar-refractivity contribution in [2.75, 3.05) is 6.61 Å². The molecule has 0 aromatic heterocycles. The number of hydrogen-bond acceptors (Lipinski definition) is 5. The number of rotatable bonds is 7. The van der Waals surface area contributed by atoms with Crippen molar-refractivity contribution in [2.45, 2.75) is 38.8 Å². The lowest BCUT2D eigenvalue weighted by Crippen LogP contribution is -2.46. The van der Waals surface area contributed by atoms with Gasteiger partial charge in [0, 0.05) is 12.0 Å². The molecular weight excluding hydrogens is 358 g/mol. The molecule has 28 heavy (non-hydrogen) atoms. The Morgan fingerprint density at radius 3 is 2.07 bits per heavy atom. The summed E-state index contributed by atoms with van der Waals surface area (Å²) in [7, 11) is 0. The van der Waals surface area contributed by atoms with E-state index in [0.717, 1.165) is 5.56 Å². The molecule has 0 spiro atoms. The van der Waals surface area contributed by atoms with E-state index in [1.54, 1.807) is 51.1 Å². The topological polar surface area (TPSA) is 81.7 Å². The van der Waals surface area contributed by atoms with E-state index in [-0.39, 0.29) is 12.2 Å². The van der Waals surface area contributed by atoms with Crippen LogP contribution in [0.1, 0.15) is 36.7 Å². The Labute approximate surface area is 164 Å². The molecule has 0 aliphatic heterocycles. The van der Waals surface area contributed by atoms with E-state index in [9.17, 15) is 14.4 Å². The summed E-state index contributed by atoms with van der Waals surface area (Å²) >= 11 is 0. The van der Waals surface area contributed by atoms with Gasteiger partial charge in [-0.1, -0.05) is 60.7 Å². The molecule has 0 bridgehead atoms. The molecule has 0 radical (unpaired) electrons. The van der Waals surface area contributed by atoms with Gasteiger partial charge in [0.1, 0.15) is 11.6 Å². The molecule has 0 heterocycles. The summed E-state index contributed by atoms with van der Waals surface area (Å²) in [6, 6.07) is 16.9. The van der Waals surface area contributed by atoms with Gasteiger partial charge in [-0.3, -0.25) is 4.79 Å². The van der Waals surface area contributed by atoms with Gasteiger partial charge in [0.25, 0.3) is 0 Å². The minimum atomic E-state index is -0.930. The van der Waals surface area contributed by atoms with Crippen LogP contribution < -0.4 is 5.32 Å². The van der Waals surface area contributed by atoms with Gasteiger partial charge in [-0.05, 0) is 26.3 Å². The summed E-state index contributed by atoms with van der Waals surface area (Å²) in [6.07, 6.45) is -0.603. The van der Waals surface area contributed by atoms with Gasteiger partial charge in [-0.15, -0.1) is 0 Å². The minimum absolute atomic E-state index is 0.248. The van der Waals surface area contributed by atoms with Gasteiger partial charge in [-0.25, -0.2) is 9.59 Å². The number of carbonyl (C=O) groups excluding carboxylic acids is 3. The molecule has 1 atom stereocenters. The number of carbonyl (C=O) groups is 3. The van der Waals surface area contributed by atoms with Crippen LogP contribution in [0.2, 0.25) is 0 Å². The number of amides is 1. The summed E-state index contributed by atoms with van der Waals surface area (Å²) in [5.41, 5.74) is 0.614. The average Bonchev–Trinajstić information content (AvgIpc) is 2.66. The van der Waals surface area contributed by atoms with Crippen LogP contribution in [0.4, 0.5) is 4.79 Å². The van der Waals surface area contributed by atoms with E-state index < -0.39 is 30.3 Å². The molecule has 0 fully saturated rings. The first-order valence-electron chi connectivity index (χ1n) is 9.03. The summed E-state index contributed by atoms with van der Waals surface area (Å²) in [4.78, 5) is 36.7. The second-order valence-electron chi connectivity index (χ2n) is 7.29. The molecule has 6 nitrogen and oxygen atoms in total. The molecule has 0 unspecified atom stereocenters. The van der Waals surface area contributed by atoms with Crippen molar-refractivity contribution in [1.82, 2.24) is 5.32 Å². The fourth-order valence-corrected chi connectivity index (χ4v) is 2.44. The normalized spacial score (nSPS) is 12.0. The monoisotopic (exact) mass is 383 g/mol. The van der Waals surface area contributed by atoms with Crippen molar-refractivity contribution >= 4 is 17.8 Å². The zero-order chi connectivity index (χ0) is 20.6. The van der Waals surface area contributed by atoms with E-state index in [2.05, 4.69) is 5.32 Å². The van der Waals surface area contributed by atoms with E-state index >= 15 is 0 Å². The van der Waals surface area contributed by atoms with Crippen LogP contribution in [-0.2, 0) is 20.7 Å². The fraction of sp³-hybridized carbons (Fsp3) is 0.318. The summed E-state index contributed by atoms with van der Waals surface area (Å²) in [6.45, 7) is 4.84. The number of ether oxygens (including phenoxy) is 2. The van der Waals surface area contributed by atoms with E-state index in [0.29, 0.717) is 5.56 Å². The first-order chi connectivity index (χ1) is 13.2. The maximum absolute atomic E-state index is 12.5. The van der Waals surface area contributed by atoms with E-state index in [1.165, 1.54) is 0 Å². The number of alkyl carbamates (subject to hydrolysis) is 1. The molecule has 0 saturated heterocycles. The highest BCUT2D eigenvalue weighted by atomic mass is 16.6. The van der Waals surface area contributed by atoms with Gasteiger partial charge in [0.15, 0.2) is 12.4 Å². The van der Waals surface area contributed by atoms with Crippen LogP contribution in [-0.4, -0.2) is 36.1 Å². The van der Waals surface area contributed by atoms with Crippen molar-refractivity contribution in [3.05, 3.63) is 71.8 Å². The summed E-state index contributed by atoms with van der Waals surface area (Å²) in [5, 5.41) is 2.51. The van der Waals surface area contributed by atoms with Crippen LogP contribution in [0, 0.1) is 0 Å². The van der Waals surface area contributed by atoms with Crippen LogP contribution >= 0.6 is 0 Å². The lowest BCUT2D eigenvalue weighted by Gasteiger charge is -2.24. The van der Waals surface area contributed by atoms with Gasteiger partial charge < -0.3 is 14.8 Å². The predicted molar refractivity (Wildman–Crippen MR) is 105 cm³/mol. The molecule has 1 N–H and O–H groups in total. The van der Waals surface area contributed by atoms with Gasteiger partial charge in [0.05, 0.1) is 0 Å².